The van der Waals surface area contributed by atoms with E-state index in [1.807, 2.05) is 0 Å². The molecular formula is C11H21NO4. The molecule has 0 heterocycles. The number of hydrogen-bond donors (Lipinski definition) is 2. The van der Waals surface area contributed by atoms with Gasteiger partial charge in [0.25, 0.3) is 0 Å². The quantitative estimate of drug-likeness (QED) is 0.693. The first-order valence-electron chi connectivity index (χ1n) is 5.32. The van der Waals surface area contributed by atoms with Crippen LogP contribution in [0.5, 0.6) is 0 Å². The van der Waals surface area contributed by atoms with Crippen LogP contribution in [-0.4, -0.2) is 28.7 Å². The molecule has 0 spiro atoms. The van der Waals surface area contributed by atoms with Crippen LogP contribution in [-0.2, 0) is 14.3 Å². The van der Waals surface area contributed by atoms with Crippen LogP contribution >= 0.6 is 0 Å². The zero-order valence-electron chi connectivity index (χ0n) is 10.3. The van der Waals surface area contributed by atoms with Gasteiger partial charge in [-0.3, -0.25) is 9.59 Å². The average molecular weight is 231 g/mol. The molecule has 0 rings (SSSR count). The summed E-state index contributed by atoms with van der Waals surface area (Å²) >= 11 is 0. The number of carboxylic acids is 1. The summed E-state index contributed by atoms with van der Waals surface area (Å²) in [5.74, 6) is -1.46. The lowest BCUT2D eigenvalue weighted by molar-refractivity contribution is -0.156. The lowest BCUT2D eigenvalue weighted by Crippen LogP contribution is -2.33. The van der Waals surface area contributed by atoms with Gasteiger partial charge in [-0.2, -0.15) is 0 Å². The normalized spacial score (nSPS) is 15.3. The lowest BCUT2D eigenvalue weighted by Gasteiger charge is -2.21. The van der Waals surface area contributed by atoms with E-state index in [0.29, 0.717) is 0 Å². The van der Waals surface area contributed by atoms with Gasteiger partial charge in [-0.25, -0.2) is 0 Å². The highest BCUT2D eigenvalue weighted by atomic mass is 16.6. The van der Waals surface area contributed by atoms with E-state index < -0.39 is 17.6 Å². The Morgan fingerprint density at radius 3 is 2.25 bits per heavy atom. The van der Waals surface area contributed by atoms with E-state index in [2.05, 4.69) is 0 Å². The first-order valence-corrected chi connectivity index (χ1v) is 5.32. The van der Waals surface area contributed by atoms with Crippen molar-refractivity contribution in [3.63, 3.8) is 0 Å². The Bertz CT molecular complexity index is 257. The minimum Gasteiger partial charge on any atom is -0.480 e. The van der Waals surface area contributed by atoms with Crippen LogP contribution in [0.15, 0.2) is 0 Å². The number of rotatable bonds is 5. The van der Waals surface area contributed by atoms with Crippen molar-refractivity contribution in [2.45, 2.75) is 52.2 Å². The van der Waals surface area contributed by atoms with Crippen molar-refractivity contribution in [1.82, 2.24) is 0 Å². The standard InChI is InChI=1S/C11H21NO4/c1-7(5-8(12)10(14)15)6-9(13)16-11(2,3)4/h7-8H,5-6,12H2,1-4H3,(H,14,15)/t7?,8-/m1/s1. The minimum absolute atomic E-state index is 0.0963. The van der Waals surface area contributed by atoms with E-state index in [1.165, 1.54) is 0 Å². The summed E-state index contributed by atoms with van der Waals surface area (Å²) < 4.78 is 5.12. The summed E-state index contributed by atoms with van der Waals surface area (Å²) in [7, 11) is 0. The highest BCUT2D eigenvalue weighted by molar-refractivity contribution is 5.73. The van der Waals surface area contributed by atoms with Gasteiger partial charge in [0.1, 0.15) is 11.6 Å². The number of aliphatic carboxylic acids is 1. The minimum atomic E-state index is -1.05. The SMILES string of the molecule is CC(CC(=O)OC(C)(C)C)C[C@@H](N)C(=O)O. The molecule has 0 aromatic heterocycles. The van der Waals surface area contributed by atoms with Crippen LogP contribution in [0.4, 0.5) is 0 Å². The maximum Gasteiger partial charge on any atom is 0.320 e. The second kappa shape index (κ2) is 5.84. The predicted molar refractivity (Wildman–Crippen MR) is 59.9 cm³/mol. The summed E-state index contributed by atoms with van der Waals surface area (Å²) in [6.45, 7) is 7.16. The summed E-state index contributed by atoms with van der Waals surface area (Å²) in [6.07, 6.45) is 0.465. The number of carbonyl (C=O) groups is 2. The fourth-order valence-corrected chi connectivity index (χ4v) is 1.29. The Kier molecular flexibility index (Phi) is 5.44. The molecule has 0 aromatic rings. The van der Waals surface area contributed by atoms with Crippen LogP contribution < -0.4 is 5.73 Å². The largest absolute Gasteiger partial charge is 0.480 e. The summed E-state index contributed by atoms with van der Waals surface area (Å²) in [5.41, 5.74) is 4.86. The molecule has 16 heavy (non-hydrogen) atoms. The second-order valence-electron chi connectivity index (χ2n) is 5.08. The summed E-state index contributed by atoms with van der Waals surface area (Å²) in [4.78, 5) is 21.9. The van der Waals surface area contributed by atoms with Crippen LogP contribution in [0.1, 0.15) is 40.5 Å². The summed E-state index contributed by atoms with van der Waals surface area (Å²) in [6, 6.07) is -0.919. The monoisotopic (exact) mass is 231 g/mol. The highest BCUT2D eigenvalue weighted by Crippen LogP contribution is 2.14. The number of carbonyl (C=O) groups excluding carboxylic acids is 1. The van der Waals surface area contributed by atoms with Crippen LogP contribution in [0.2, 0.25) is 0 Å². The molecule has 0 bridgehead atoms. The predicted octanol–water partition coefficient (Wildman–Crippen LogP) is 1.16. The number of nitrogens with two attached hydrogens (primary N) is 1. The van der Waals surface area contributed by atoms with Gasteiger partial charge in [0, 0.05) is 6.42 Å². The van der Waals surface area contributed by atoms with Gasteiger partial charge in [0.2, 0.25) is 0 Å². The molecule has 5 heteroatoms. The Balaban J connectivity index is 4.01. The van der Waals surface area contributed by atoms with Gasteiger partial charge < -0.3 is 15.6 Å². The molecule has 0 aliphatic rings. The molecule has 0 aliphatic heterocycles. The smallest absolute Gasteiger partial charge is 0.320 e. The molecule has 0 fully saturated rings. The number of ether oxygens (including phenoxy) is 1. The fraction of sp³-hybridized carbons (Fsp3) is 0.818. The number of carboxylic acid groups (broad SMARTS) is 1. The maximum atomic E-state index is 11.4. The van der Waals surface area contributed by atoms with E-state index in [9.17, 15) is 9.59 Å². The molecule has 0 saturated heterocycles. The van der Waals surface area contributed by atoms with Crippen molar-refractivity contribution in [2.24, 2.45) is 11.7 Å². The molecule has 0 aliphatic carbocycles. The maximum absolute atomic E-state index is 11.4. The molecule has 0 radical (unpaired) electrons. The highest BCUT2D eigenvalue weighted by Gasteiger charge is 2.21. The van der Waals surface area contributed by atoms with E-state index >= 15 is 0 Å². The Hall–Kier alpha value is -1.10. The first-order chi connectivity index (χ1) is 7.11. The van der Waals surface area contributed by atoms with Crippen molar-refractivity contribution in [2.75, 3.05) is 0 Å². The van der Waals surface area contributed by atoms with Gasteiger partial charge in [-0.05, 0) is 33.1 Å². The van der Waals surface area contributed by atoms with Crippen molar-refractivity contribution < 1.29 is 19.4 Å². The zero-order valence-corrected chi connectivity index (χ0v) is 10.3. The Morgan fingerprint density at radius 2 is 1.88 bits per heavy atom. The molecule has 1 unspecified atom stereocenters. The van der Waals surface area contributed by atoms with Crippen molar-refractivity contribution >= 4 is 11.9 Å². The van der Waals surface area contributed by atoms with E-state index in [0.717, 1.165) is 0 Å². The molecule has 0 aromatic carbocycles. The molecule has 0 saturated carbocycles. The van der Waals surface area contributed by atoms with E-state index in [4.69, 9.17) is 15.6 Å². The average Bonchev–Trinajstić information content (AvgIpc) is 1.98. The molecule has 3 N–H and O–H groups in total. The fourth-order valence-electron chi connectivity index (χ4n) is 1.29. The second-order valence-corrected chi connectivity index (χ2v) is 5.08. The van der Waals surface area contributed by atoms with Gasteiger partial charge in [0.15, 0.2) is 0 Å². The van der Waals surface area contributed by atoms with Crippen LogP contribution in [0.25, 0.3) is 0 Å². The van der Waals surface area contributed by atoms with Crippen molar-refractivity contribution in [3.8, 4) is 0 Å². The van der Waals surface area contributed by atoms with E-state index in [1.54, 1.807) is 27.7 Å². The van der Waals surface area contributed by atoms with Gasteiger partial charge in [0.05, 0.1) is 0 Å². The third-order valence-electron chi connectivity index (χ3n) is 1.91. The Morgan fingerprint density at radius 1 is 1.38 bits per heavy atom. The Labute approximate surface area is 96.0 Å². The topological polar surface area (TPSA) is 89.6 Å². The number of hydrogen-bond acceptors (Lipinski definition) is 4. The molecular weight excluding hydrogens is 210 g/mol. The summed E-state index contributed by atoms with van der Waals surface area (Å²) in [5, 5.41) is 8.61. The molecule has 2 atom stereocenters. The first kappa shape index (κ1) is 14.9. The van der Waals surface area contributed by atoms with Crippen molar-refractivity contribution in [3.05, 3.63) is 0 Å². The molecule has 94 valence electrons. The van der Waals surface area contributed by atoms with Gasteiger partial charge in [-0.1, -0.05) is 6.92 Å². The lowest BCUT2D eigenvalue weighted by atomic mass is 9.99. The van der Waals surface area contributed by atoms with Crippen molar-refractivity contribution in [1.29, 1.82) is 0 Å². The van der Waals surface area contributed by atoms with Gasteiger partial charge in [-0.15, -0.1) is 0 Å². The molecule has 0 amide bonds. The third kappa shape index (κ3) is 7.23. The molecule has 5 nitrogen and oxygen atoms in total. The number of esters is 1. The zero-order chi connectivity index (χ0) is 12.9. The van der Waals surface area contributed by atoms with Gasteiger partial charge >= 0.3 is 11.9 Å². The van der Waals surface area contributed by atoms with Crippen LogP contribution in [0, 0.1) is 5.92 Å². The third-order valence-corrected chi connectivity index (χ3v) is 1.91. The van der Waals surface area contributed by atoms with E-state index in [-0.39, 0.29) is 24.7 Å². The van der Waals surface area contributed by atoms with Crippen LogP contribution in [0.3, 0.4) is 0 Å².